The van der Waals surface area contributed by atoms with Gasteiger partial charge in [-0.2, -0.15) is 0 Å². The Labute approximate surface area is 191 Å². The third kappa shape index (κ3) is 3.37. The molecule has 0 aromatic carbocycles. The molecule has 1 saturated heterocycles. The number of carbonyl (C=O) groups excluding carboxylic acids is 2. The van der Waals surface area contributed by atoms with Gasteiger partial charge in [-0.25, -0.2) is 15.0 Å². The molecule has 170 valence electrons. The van der Waals surface area contributed by atoms with E-state index in [4.69, 9.17) is 14.5 Å². The van der Waals surface area contributed by atoms with E-state index < -0.39 is 0 Å². The van der Waals surface area contributed by atoms with Crippen LogP contribution < -0.4 is 4.90 Å². The van der Waals surface area contributed by atoms with Crippen LogP contribution in [0.15, 0.2) is 10.6 Å². The largest absolute Gasteiger partial charge is 0.338 e. The number of amides is 2. The Bertz CT molecular complexity index is 1310. The zero-order valence-electron chi connectivity index (χ0n) is 19.1. The molecule has 0 spiro atoms. The van der Waals surface area contributed by atoms with Crippen molar-refractivity contribution >= 4 is 28.7 Å². The van der Waals surface area contributed by atoms with Gasteiger partial charge in [-0.1, -0.05) is 5.16 Å². The van der Waals surface area contributed by atoms with Crippen molar-refractivity contribution in [3.05, 3.63) is 40.1 Å². The van der Waals surface area contributed by atoms with Crippen molar-refractivity contribution < 1.29 is 14.1 Å². The molecule has 0 N–H and O–H groups in total. The van der Waals surface area contributed by atoms with Gasteiger partial charge in [-0.3, -0.25) is 14.5 Å². The maximum Gasteiger partial charge on any atom is 0.258 e. The quantitative estimate of drug-likeness (QED) is 0.607. The van der Waals surface area contributed by atoms with E-state index in [2.05, 4.69) is 10.1 Å². The Morgan fingerprint density at radius 3 is 2.73 bits per heavy atom. The van der Waals surface area contributed by atoms with E-state index in [9.17, 15) is 9.59 Å². The molecule has 1 aliphatic carbocycles. The van der Waals surface area contributed by atoms with Gasteiger partial charge in [0.1, 0.15) is 11.6 Å². The summed E-state index contributed by atoms with van der Waals surface area (Å²) >= 11 is 0. The van der Waals surface area contributed by atoms with Crippen LogP contribution in [0.3, 0.4) is 0 Å². The highest BCUT2D eigenvalue weighted by Gasteiger charge is 2.37. The molecule has 6 rings (SSSR count). The maximum atomic E-state index is 13.5. The molecule has 3 aromatic heterocycles. The molecule has 1 atom stereocenters. The van der Waals surface area contributed by atoms with Gasteiger partial charge >= 0.3 is 0 Å². The summed E-state index contributed by atoms with van der Waals surface area (Å²) < 4.78 is 5.30. The van der Waals surface area contributed by atoms with E-state index in [0.717, 1.165) is 41.6 Å². The number of pyridine rings is 1. The number of fused-ring (bicyclic) bond motifs is 2. The first-order valence-corrected chi connectivity index (χ1v) is 11.6. The topological polar surface area (TPSA) is 105 Å². The fourth-order valence-corrected chi connectivity index (χ4v) is 5.04. The van der Waals surface area contributed by atoms with Gasteiger partial charge < -0.3 is 9.42 Å². The minimum absolute atomic E-state index is 0.0402. The molecular weight excluding hydrogens is 420 g/mol. The first-order chi connectivity index (χ1) is 15.9. The highest BCUT2D eigenvalue weighted by molar-refractivity contribution is 6.06. The summed E-state index contributed by atoms with van der Waals surface area (Å²) in [5, 5.41) is 4.66. The van der Waals surface area contributed by atoms with Gasteiger partial charge in [0, 0.05) is 42.5 Å². The fraction of sp³-hybridized carbons (Fsp3) is 0.500. The molecule has 0 radical (unpaired) electrons. The van der Waals surface area contributed by atoms with E-state index in [1.807, 2.05) is 30.6 Å². The van der Waals surface area contributed by atoms with Crippen molar-refractivity contribution in [1.29, 1.82) is 0 Å². The molecule has 9 nitrogen and oxygen atoms in total. The van der Waals surface area contributed by atoms with Crippen LogP contribution in [0.2, 0.25) is 0 Å². The lowest BCUT2D eigenvalue weighted by Gasteiger charge is -2.19. The van der Waals surface area contributed by atoms with Gasteiger partial charge in [0.15, 0.2) is 0 Å². The average molecular weight is 447 g/mol. The number of carbonyl (C=O) groups is 2. The Hall–Kier alpha value is -3.36. The number of nitrogens with zero attached hydrogens (tertiary/aromatic N) is 6. The molecule has 1 saturated carbocycles. The fourth-order valence-electron chi connectivity index (χ4n) is 5.04. The second-order valence-corrected chi connectivity index (χ2v) is 9.59. The van der Waals surface area contributed by atoms with Crippen LogP contribution >= 0.6 is 0 Å². The highest BCUT2D eigenvalue weighted by Crippen LogP contribution is 2.37. The Morgan fingerprint density at radius 1 is 1.12 bits per heavy atom. The first kappa shape index (κ1) is 20.3. The van der Waals surface area contributed by atoms with Crippen molar-refractivity contribution in [3.63, 3.8) is 0 Å². The summed E-state index contributed by atoms with van der Waals surface area (Å²) in [4.78, 5) is 43.8. The maximum absolute atomic E-state index is 13.5. The van der Waals surface area contributed by atoms with Gasteiger partial charge in [0.25, 0.3) is 11.6 Å². The van der Waals surface area contributed by atoms with Crippen molar-refractivity contribution in [2.24, 2.45) is 5.92 Å². The van der Waals surface area contributed by atoms with E-state index in [-0.39, 0.29) is 17.7 Å². The first-order valence-electron chi connectivity index (χ1n) is 11.6. The van der Waals surface area contributed by atoms with Crippen molar-refractivity contribution in [1.82, 2.24) is 25.0 Å². The average Bonchev–Trinajstić information content (AvgIpc) is 3.18. The zero-order valence-corrected chi connectivity index (χ0v) is 19.1. The summed E-state index contributed by atoms with van der Waals surface area (Å²) in [6.45, 7) is 7.55. The number of hydrogen-bond donors (Lipinski definition) is 0. The number of aryl methyl sites for hydroxylation is 3. The minimum Gasteiger partial charge on any atom is -0.338 e. The highest BCUT2D eigenvalue weighted by atomic mass is 16.5. The van der Waals surface area contributed by atoms with Crippen LogP contribution in [-0.4, -0.2) is 56.5 Å². The summed E-state index contributed by atoms with van der Waals surface area (Å²) in [6, 6.07) is 1.81. The number of aromatic nitrogens is 4. The molecule has 2 aliphatic heterocycles. The van der Waals surface area contributed by atoms with Crippen LogP contribution in [0, 0.1) is 26.7 Å². The molecule has 0 bridgehead atoms. The molecule has 2 fully saturated rings. The number of anilines is 1. The lowest BCUT2D eigenvalue weighted by atomic mass is 10.1. The van der Waals surface area contributed by atoms with Gasteiger partial charge in [0.2, 0.25) is 5.91 Å². The second kappa shape index (κ2) is 7.33. The lowest BCUT2D eigenvalue weighted by Crippen LogP contribution is -2.30. The SMILES string of the molecule is Cc1cc(C(=O)N2CCC(c3nc(C)c4c(n3)N(CC3CC3)C(=O)C4)C2)c2c(C)noc2n1. The van der Waals surface area contributed by atoms with Crippen LogP contribution in [-0.2, 0) is 11.2 Å². The number of hydrogen-bond acceptors (Lipinski definition) is 7. The normalized spacial score (nSPS) is 20.2. The second-order valence-electron chi connectivity index (χ2n) is 9.59. The molecule has 9 heteroatoms. The molecule has 33 heavy (non-hydrogen) atoms. The minimum atomic E-state index is -0.0530. The van der Waals surface area contributed by atoms with Crippen LogP contribution in [0.1, 0.15) is 64.0 Å². The van der Waals surface area contributed by atoms with Crippen LogP contribution in [0.5, 0.6) is 0 Å². The molecular formula is C24H26N6O3. The number of likely N-dealkylation sites (tertiary alicyclic amines) is 1. The summed E-state index contributed by atoms with van der Waals surface area (Å²) in [7, 11) is 0. The van der Waals surface area contributed by atoms with Crippen LogP contribution in [0.25, 0.3) is 11.1 Å². The molecule has 3 aromatic rings. The molecule has 2 amide bonds. The van der Waals surface area contributed by atoms with E-state index in [1.165, 1.54) is 12.8 Å². The molecule has 5 heterocycles. The van der Waals surface area contributed by atoms with Crippen molar-refractivity contribution in [2.75, 3.05) is 24.5 Å². The predicted octanol–water partition coefficient (Wildman–Crippen LogP) is 2.87. The third-order valence-electron chi connectivity index (χ3n) is 7.05. The summed E-state index contributed by atoms with van der Waals surface area (Å²) in [5.41, 5.74) is 4.17. The van der Waals surface area contributed by atoms with E-state index in [1.54, 1.807) is 6.07 Å². The van der Waals surface area contributed by atoms with Crippen molar-refractivity contribution in [2.45, 2.75) is 52.4 Å². The van der Waals surface area contributed by atoms with Crippen LogP contribution in [0.4, 0.5) is 5.82 Å². The Kier molecular flexibility index (Phi) is 4.50. The smallest absolute Gasteiger partial charge is 0.258 e. The van der Waals surface area contributed by atoms with Gasteiger partial charge in [-0.15, -0.1) is 0 Å². The predicted molar refractivity (Wildman–Crippen MR) is 120 cm³/mol. The molecule has 1 unspecified atom stereocenters. The summed E-state index contributed by atoms with van der Waals surface area (Å²) in [6.07, 6.45) is 3.54. The van der Waals surface area contributed by atoms with E-state index >= 15 is 0 Å². The Morgan fingerprint density at radius 2 is 1.94 bits per heavy atom. The van der Waals surface area contributed by atoms with Gasteiger partial charge in [0.05, 0.1) is 23.1 Å². The lowest BCUT2D eigenvalue weighted by molar-refractivity contribution is -0.117. The molecule has 3 aliphatic rings. The van der Waals surface area contributed by atoms with Gasteiger partial charge in [-0.05, 0) is 52.0 Å². The monoisotopic (exact) mass is 446 g/mol. The van der Waals surface area contributed by atoms with E-state index in [0.29, 0.717) is 47.8 Å². The zero-order chi connectivity index (χ0) is 22.9. The number of rotatable bonds is 4. The summed E-state index contributed by atoms with van der Waals surface area (Å²) in [5.74, 6) is 2.22. The standard InChI is InChI=1S/C24H26N6O3/c1-12-8-18(20-14(3)28-33-23(20)25-12)24(32)29-7-6-16(11-29)21-26-13(2)17-9-19(31)30(22(17)27-21)10-15-4-5-15/h8,15-16H,4-7,9-11H2,1-3H3. The Balaban J connectivity index is 1.27. The third-order valence-corrected chi connectivity index (χ3v) is 7.05. The van der Waals surface area contributed by atoms with Crippen molar-refractivity contribution in [3.8, 4) is 0 Å².